The second kappa shape index (κ2) is 6.54. The Labute approximate surface area is 103 Å². The van der Waals surface area contributed by atoms with Gasteiger partial charge in [-0.3, -0.25) is 0 Å². The molecule has 6 heteroatoms. The molecular formula is C11H20F3NOS. The Morgan fingerprint density at radius 2 is 1.88 bits per heavy atom. The maximum atomic E-state index is 12.7. The lowest BCUT2D eigenvalue weighted by Crippen LogP contribution is -2.47. The molecule has 0 aliphatic rings. The lowest BCUT2D eigenvalue weighted by molar-refractivity contribution is -0.152. The molecule has 0 rings (SSSR count). The molecule has 0 aromatic heterocycles. The minimum Gasteiger partial charge on any atom is -0.242 e. The fourth-order valence-corrected chi connectivity index (χ4v) is 1.93. The van der Waals surface area contributed by atoms with Crippen LogP contribution in [0, 0.1) is 0 Å². The van der Waals surface area contributed by atoms with Crippen molar-refractivity contribution >= 4 is 11.0 Å². The van der Waals surface area contributed by atoms with Gasteiger partial charge in [-0.05, 0) is 40.0 Å². The summed E-state index contributed by atoms with van der Waals surface area (Å²) < 4.78 is 51.1. The molecule has 0 saturated carbocycles. The molecule has 0 spiro atoms. The molecule has 102 valence electrons. The number of unbranched alkanes of at least 4 members (excludes halogenated alkanes) is 1. The summed E-state index contributed by atoms with van der Waals surface area (Å²) in [5, 5.41) is 0. The van der Waals surface area contributed by atoms with Crippen LogP contribution >= 0.6 is 0 Å². The van der Waals surface area contributed by atoms with Crippen molar-refractivity contribution in [2.75, 3.05) is 0 Å². The second-order valence-electron chi connectivity index (χ2n) is 4.81. The van der Waals surface area contributed by atoms with Gasteiger partial charge >= 0.3 is 6.18 Å². The van der Waals surface area contributed by atoms with E-state index in [2.05, 4.69) is 11.3 Å². The maximum absolute atomic E-state index is 12.7. The predicted octanol–water partition coefficient (Wildman–Crippen LogP) is 3.33. The molecule has 0 aliphatic carbocycles. The number of nitrogens with one attached hydrogen (secondary N) is 1. The molecule has 0 amide bonds. The highest BCUT2D eigenvalue weighted by Gasteiger charge is 2.41. The van der Waals surface area contributed by atoms with E-state index in [1.165, 1.54) is 0 Å². The molecule has 0 aromatic rings. The van der Waals surface area contributed by atoms with Crippen LogP contribution in [0.4, 0.5) is 13.2 Å². The molecule has 17 heavy (non-hydrogen) atoms. The number of hydrogen-bond donors (Lipinski definition) is 1. The molecular weight excluding hydrogens is 251 g/mol. The molecule has 0 aliphatic heterocycles. The van der Waals surface area contributed by atoms with Crippen molar-refractivity contribution in [3.63, 3.8) is 0 Å². The van der Waals surface area contributed by atoms with Gasteiger partial charge in [-0.1, -0.05) is 6.08 Å². The third-order valence-electron chi connectivity index (χ3n) is 2.10. The fraction of sp³-hybridized carbons (Fsp3) is 0.818. The normalized spacial score (nSPS) is 16.6. The zero-order valence-electron chi connectivity index (χ0n) is 10.4. The van der Waals surface area contributed by atoms with E-state index in [1.54, 1.807) is 26.8 Å². The average molecular weight is 271 g/mol. The van der Waals surface area contributed by atoms with Crippen molar-refractivity contribution in [3.8, 4) is 0 Å². The first-order valence-corrected chi connectivity index (χ1v) is 6.59. The Bertz CT molecular complexity index is 271. The summed E-state index contributed by atoms with van der Waals surface area (Å²) in [5.41, 5.74) is 0. The summed E-state index contributed by atoms with van der Waals surface area (Å²) in [5.74, 6) is 0. The van der Waals surface area contributed by atoms with Crippen molar-refractivity contribution in [1.82, 2.24) is 4.72 Å². The first kappa shape index (κ1) is 16.6. The highest BCUT2D eigenvalue weighted by atomic mass is 32.2. The molecule has 2 nitrogen and oxygen atoms in total. The SMILES string of the molecule is C=CCCC[C@H](N[S@@](=O)C(C)(C)C)C(F)(F)F. The summed E-state index contributed by atoms with van der Waals surface area (Å²) in [4.78, 5) is 0. The average Bonchev–Trinajstić information content (AvgIpc) is 2.13. The van der Waals surface area contributed by atoms with Crippen LogP contribution in [0.2, 0.25) is 0 Å². The summed E-state index contributed by atoms with van der Waals surface area (Å²) in [6, 6.07) is -1.72. The van der Waals surface area contributed by atoms with Gasteiger partial charge < -0.3 is 0 Å². The van der Waals surface area contributed by atoms with Crippen LogP contribution < -0.4 is 4.72 Å². The smallest absolute Gasteiger partial charge is 0.242 e. The van der Waals surface area contributed by atoms with Crippen LogP contribution in [0.25, 0.3) is 0 Å². The largest absolute Gasteiger partial charge is 0.404 e. The molecule has 0 radical (unpaired) electrons. The predicted molar refractivity (Wildman–Crippen MR) is 64.9 cm³/mol. The standard InChI is InChI=1S/C11H20F3NOS/c1-5-6-7-8-9(11(12,13)14)15-17(16)10(2,3)4/h5,9,15H,1,6-8H2,2-4H3/t9-,17-/m0/s1. The van der Waals surface area contributed by atoms with Gasteiger partial charge in [-0.2, -0.15) is 13.2 Å². The lowest BCUT2D eigenvalue weighted by atomic mass is 10.1. The quantitative estimate of drug-likeness (QED) is 0.582. The number of allylic oxidation sites excluding steroid dienone is 1. The zero-order chi connectivity index (χ0) is 13.7. The molecule has 0 heterocycles. The Hall–Kier alpha value is -0.360. The maximum Gasteiger partial charge on any atom is 0.404 e. The molecule has 0 aromatic carbocycles. The van der Waals surface area contributed by atoms with Gasteiger partial charge in [0.05, 0.1) is 15.7 Å². The Morgan fingerprint density at radius 1 is 1.35 bits per heavy atom. The van der Waals surface area contributed by atoms with E-state index < -0.39 is 28.0 Å². The van der Waals surface area contributed by atoms with Gasteiger partial charge in [0, 0.05) is 0 Å². The molecule has 0 fully saturated rings. The van der Waals surface area contributed by atoms with Gasteiger partial charge in [0.1, 0.15) is 6.04 Å². The summed E-state index contributed by atoms with van der Waals surface area (Å²) in [6.45, 7) is 8.35. The second-order valence-corrected chi connectivity index (χ2v) is 6.81. The van der Waals surface area contributed by atoms with Crippen LogP contribution in [0.15, 0.2) is 12.7 Å². The zero-order valence-corrected chi connectivity index (χ0v) is 11.3. The van der Waals surface area contributed by atoms with E-state index in [-0.39, 0.29) is 6.42 Å². The monoisotopic (exact) mass is 271 g/mol. The van der Waals surface area contributed by atoms with Crippen LogP contribution in [0.5, 0.6) is 0 Å². The molecule has 0 bridgehead atoms. The number of hydrogen-bond acceptors (Lipinski definition) is 1. The Kier molecular flexibility index (Phi) is 6.40. The van der Waals surface area contributed by atoms with Gasteiger partial charge in [0.25, 0.3) is 0 Å². The van der Waals surface area contributed by atoms with Crippen LogP contribution in [0.3, 0.4) is 0 Å². The molecule has 1 N–H and O–H groups in total. The van der Waals surface area contributed by atoms with Crippen molar-refractivity contribution in [2.24, 2.45) is 0 Å². The van der Waals surface area contributed by atoms with E-state index >= 15 is 0 Å². The molecule has 0 unspecified atom stereocenters. The number of halogens is 3. The summed E-state index contributed by atoms with van der Waals surface area (Å²) in [6.07, 6.45) is -1.98. The minimum atomic E-state index is -4.37. The first-order chi connectivity index (χ1) is 7.59. The minimum absolute atomic E-state index is 0.0860. The van der Waals surface area contributed by atoms with Gasteiger partial charge in [-0.15, -0.1) is 6.58 Å². The molecule has 2 atom stereocenters. The van der Waals surface area contributed by atoms with Crippen LogP contribution in [-0.4, -0.2) is 21.2 Å². The van der Waals surface area contributed by atoms with Crippen molar-refractivity contribution in [1.29, 1.82) is 0 Å². The Morgan fingerprint density at radius 3 is 2.24 bits per heavy atom. The third kappa shape index (κ3) is 6.83. The van der Waals surface area contributed by atoms with Crippen molar-refractivity contribution < 1.29 is 17.4 Å². The third-order valence-corrected chi connectivity index (χ3v) is 3.71. The lowest BCUT2D eigenvalue weighted by Gasteiger charge is -2.25. The summed E-state index contributed by atoms with van der Waals surface area (Å²) in [7, 11) is -1.72. The molecule has 0 saturated heterocycles. The van der Waals surface area contributed by atoms with E-state index in [4.69, 9.17) is 0 Å². The number of rotatable bonds is 6. The Balaban J connectivity index is 4.50. The highest BCUT2D eigenvalue weighted by Crippen LogP contribution is 2.25. The van der Waals surface area contributed by atoms with Crippen molar-refractivity contribution in [2.45, 2.75) is 57.0 Å². The van der Waals surface area contributed by atoms with Gasteiger partial charge in [-0.25, -0.2) is 8.93 Å². The van der Waals surface area contributed by atoms with Gasteiger partial charge in [0.2, 0.25) is 0 Å². The van der Waals surface area contributed by atoms with E-state index in [9.17, 15) is 17.4 Å². The summed E-state index contributed by atoms with van der Waals surface area (Å²) >= 11 is 0. The number of alkyl halides is 3. The fourth-order valence-electron chi connectivity index (χ4n) is 1.06. The van der Waals surface area contributed by atoms with Gasteiger partial charge in [0.15, 0.2) is 0 Å². The topological polar surface area (TPSA) is 29.1 Å². The van der Waals surface area contributed by atoms with E-state index in [0.717, 1.165) is 0 Å². The first-order valence-electron chi connectivity index (χ1n) is 5.44. The highest BCUT2D eigenvalue weighted by molar-refractivity contribution is 7.84. The van der Waals surface area contributed by atoms with E-state index in [0.29, 0.717) is 12.8 Å². The van der Waals surface area contributed by atoms with Crippen molar-refractivity contribution in [3.05, 3.63) is 12.7 Å². The van der Waals surface area contributed by atoms with E-state index in [1.807, 2.05) is 0 Å². The van der Waals surface area contributed by atoms with Crippen LogP contribution in [0.1, 0.15) is 40.0 Å². The van der Waals surface area contributed by atoms with Crippen LogP contribution in [-0.2, 0) is 11.0 Å².